The molecular weight excluding hydrogens is 350 g/mol. The van der Waals surface area contributed by atoms with Gasteiger partial charge in [0, 0.05) is 12.0 Å². The van der Waals surface area contributed by atoms with Crippen LogP contribution in [-0.4, -0.2) is 36.1 Å². The predicted molar refractivity (Wildman–Crippen MR) is 104 cm³/mol. The number of ether oxygens (including phenoxy) is 2. The Kier molecular flexibility index (Phi) is 6.41. The number of rotatable bonds is 2. The highest BCUT2D eigenvalue weighted by Crippen LogP contribution is 2.39. The second kappa shape index (κ2) is 8.40. The summed E-state index contributed by atoms with van der Waals surface area (Å²) in [5.74, 6) is 0.847. The van der Waals surface area contributed by atoms with Gasteiger partial charge < -0.3 is 14.8 Å². The Morgan fingerprint density at radius 2 is 1.65 bits per heavy atom. The van der Waals surface area contributed by atoms with E-state index >= 15 is 0 Å². The molecule has 0 aromatic heterocycles. The summed E-state index contributed by atoms with van der Waals surface area (Å²) < 4.78 is 11.1. The average Bonchev–Trinajstić information content (AvgIpc) is 3.07. The van der Waals surface area contributed by atoms with Crippen molar-refractivity contribution in [2.75, 3.05) is 6.79 Å². The monoisotopic (exact) mass is 383 g/mol. The molecule has 1 saturated heterocycles. The molecule has 3 N–H and O–H groups in total. The molecule has 148 valence electrons. The minimum atomic E-state index is 0.0535. The lowest BCUT2D eigenvalue weighted by atomic mass is 9.70. The normalized spacial score (nSPS) is 34.7. The Morgan fingerprint density at radius 3 is 2.35 bits per heavy atom. The molecule has 3 rings (SSSR count). The highest BCUT2D eigenvalue weighted by atomic mass is 32.1. The van der Waals surface area contributed by atoms with Gasteiger partial charge in [-0.3, -0.25) is 15.6 Å². The summed E-state index contributed by atoms with van der Waals surface area (Å²) in [4.78, 5) is 12.4. The van der Waals surface area contributed by atoms with Crippen molar-refractivity contribution in [2.24, 2.45) is 17.3 Å². The third-order valence-corrected chi connectivity index (χ3v) is 6.47. The summed E-state index contributed by atoms with van der Waals surface area (Å²) in [7, 11) is 0. The van der Waals surface area contributed by atoms with E-state index in [0.717, 1.165) is 44.9 Å². The van der Waals surface area contributed by atoms with Crippen LogP contribution in [0.25, 0.3) is 0 Å². The van der Waals surface area contributed by atoms with Gasteiger partial charge in [0.25, 0.3) is 0 Å². The molecule has 0 aromatic carbocycles. The molecule has 0 bridgehead atoms. The molecule has 26 heavy (non-hydrogen) atoms. The lowest BCUT2D eigenvalue weighted by Gasteiger charge is -2.36. The van der Waals surface area contributed by atoms with E-state index in [2.05, 4.69) is 36.9 Å². The van der Waals surface area contributed by atoms with Crippen LogP contribution in [0, 0.1) is 17.3 Å². The molecule has 0 aromatic rings. The molecule has 3 fully saturated rings. The standard InChI is InChI=1S/C19H33N3O3S/c1-19(2,3)13-6-4-12(5-7-13)17(23)21-22-18(26)20-14-8-9-15-16(10-14)25-11-24-15/h12-16H,4-11H2,1-3H3,(H,21,23)(H2,20,22,26). The topological polar surface area (TPSA) is 71.6 Å². The highest BCUT2D eigenvalue weighted by Gasteiger charge is 2.36. The number of hydrazine groups is 1. The Hall–Kier alpha value is -0.920. The second-order valence-electron chi connectivity index (χ2n) is 9.04. The molecule has 2 saturated carbocycles. The van der Waals surface area contributed by atoms with E-state index in [9.17, 15) is 4.79 Å². The van der Waals surface area contributed by atoms with E-state index < -0.39 is 0 Å². The van der Waals surface area contributed by atoms with Crippen LogP contribution >= 0.6 is 12.2 Å². The Morgan fingerprint density at radius 1 is 0.962 bits per heavy atom. The van der Waals surface area contributed by atoms with Crippen molar-refractivity contribution in [2.45, 2.75) is 84.0 Å². The maximum absolute atomic E-state index is 12.4. The van der Waals surface area contributed by atoms with Gasteiger partial charge in [-0.1, -0.05) is 20.8 Å². The number of carbonyl (C=O) groups is 1. The first-order valence-electron chi connectivity index (χ1n) is 9.92. The Bertz CT molecular complexity index is 515. The zero-order valence-corrected chi connectivity index (χ0v) is 17.0. The number of fused-ring (bicyclic) bond motifs is 1. The predicted octanol–water partition coefficient (Wildman–Crippen LogP) is 2.63. The number of hydrogen-bond acceptors (Lipinski definition) is 4. The molecule has 0 spiro atoms. The zero-order chi connectivity index (χ0) is 18.7. The first-order valence-corrected chi connectivity index (χ1v) is 10.3. The second-order valence-corrected chi connectivity index (χ2v) is 9.45. The summed E-state index contributed by atoms with van der Waals surface area (Å²) in [6.45, 7) is 7.28. The molecule has 3 unspecified atom stereocenters. The number of carbonyl (C=O) groups excluding carboxylic acids is 1. The minimum absolute atomic E-state index is 0.0535. The summed E-state index contributed by atoms with van der Waals surface area (Å²) in [6.07, 6.45) is 7.42. The fourth-order valence-corrected chi connectivity index (χ4v) is 4.69. The van der Waals surface area contributed by atoms with Crippen LogP contribution in [0.1, 0.15) is 65.7 Å². The highest BCUT2D eigenvalue weighted by molar-refractivity contribution is 7.80. The summed E-state index contributed by atoms with van der Waals surface area (Å²) in [5, 5.41) is 3.76. The van der Waals surface area contributed by atoms with E-state index in [4.69, 9.17) is 21.7 Å². The molecule has 0 radical (unpaired) electrons. The van der Waals surface area contributed by atoms with E-state index in [0.29, 0.717) is 23.2 Å². The smallest absolute Gasteiger partial charge is 0.241 e. The van der Waals surface area contributed by atoms with Crippen LogP contribution in [0.3, 0.4) is 0 Å². The van der Waals surface area contributed by atoms with E-state index in [-0.39, 0.29) is 30.1 Å². The molecule has 1 amide bonds. The molecule has 7 heteroatoms. The van der Waals surface area contributed by atoms with Gasteiger partial charge in [0.15, 0.2) is 5.11 Å². The van der Waals surface area contributed by atoms with Gasteiger partial charge in [-0.05, 0) is 68.5 Å². The van der Waals surface area contributed by atoms with Crippen LogP contribution in [0.2, 0.25) is 0 Å². The molecular formula is C19H33N3O3S. The molecule has 1 aliphatic heterocycles. The van der Waals surface area contributed by atoms with Gasteiger partial charge in [-0.2, -0.15) is 0 Å². The summed E-state index contributed by atoms with van der Waals surface area (Å²) >= 11 is 5.33. The maximum Gasteiger partial charge on any atom is 0.241 e. The van der Waals surface area contributed by atoms with Gasteiger partial charge in [0.1, 0.15) is 6.79 Å². The number of hydrogen-bond donors (Lipinski definition) is 3. The first kappa shape index (κ1) is 19.8. The molecule has 2 aliphatic carbocycles. The fraction of sp³-hybridized carbons (Fsp3) is 0.895. The third kappa shape index (κ3) is 5.08. The van der Waals surface area contributed by atoms with Crippen molar-refractivity contribution < 1.29 is 14.3 Å². The summed E-state index contributed by atoms with van der Waals surface area (Å²) in [6, 6.07) is 0.261. The van der Waals surface area contributed by atoms with E-state index in [1.165, 1.54) is 0 Å². The minimum Gasteiger partial charge on any atom is -0.359 e. The van der Waals surface area contributed by atoms with Gasteiger partial charge in [0.2, 0.25) is 5.91 Å². The van der Waals surface area contributed by atoms with Crippen molar-refractivity contribution >= 4 is 23.2 Å². The van der Waals surface area contributed by atoms with Crippen molar-refractivity contribution in [3.05, 3.63) is 0 Å². The number of thiocarbonyl (C=S) groups is 1. The number of nitrogens with one attached hydrogen (secondary N) is 3. The van der Waals surface area contributed by atoms with Crippen molar-refractivity contribution in [3.8, 4) is 0 Å². The van der Waals surface area contributed by atoms with Crippen LogP contribution < -0.4 is 16.2 Å². The van der Waals surface area contributed by atoms with Gasteiger partial charge in [0.05, 0.1) is 12.2 Å². The largest absolute Gasteiger partial charge is 0.359 e. The van der Waals surface area contributed by atoms with Crippen LogP contribution in [0.15, 0.2) is 0 Å². The Labute approximate surface area is 162 Å². The van der Waals surface area contributed by atoms with Crippen LogP contribution in [0.4, 0.5) is 0 Å². The zero-order valence-electron chi connectivity index (χ0n) is 16.2. The van der Waals surface area contributed by atoms with Gasteiger partial charge in [-0.15, -0.1) is 0 Å². The number of amides is 1. The molecule has 3 atom stereocenters. The average molecular weight is 384 g/mol. The fourth-order valence-electron chi connectivity index (χ4n) is 4.48. The van der Waals surface area contributed by atoms with Crippen molar-refractivity contribution in [1.29, 1.82) is 0 Å². The maximum atomic E-state index is 12.4. The molecule has 3 aliphatic rings. The van der Waals surface area contributed by atoms with Crippen molar-refractivity contribution in [1.82, 2.24) is 16.2 Å². The van der Waals surface area contributed by atoms with Crippen LogP contribution in [0.5, 0.6) is 0 Å². The quantitative estimate of drug-likeness (QED) is 0.503. The third-order valence-electron chi connectivity index (χ3n) is 6.25. The summed E-state index contributed by atoms with van der Waals surface area (Å²) in [5.41, 5.74) is 6.00. The van der Waals surface area contributed by atoms with Crippen molar-refractivity contribution in [3.63, 3.8) is 0 Å². The lowest BCUT2D eigenvalue weighted by molar-refractivity contribution is -0.127. The molecule has 6 nitrogen and oxygen atoms in total. The molecule has 1 heterocycles. The first-order chi connectivity index (χ1) is 12.3. The van der Waals surface area contributed by atoms with Gasteiger partial charge in [-0.25, -0.2) is 0 Å². The lowest BCUT2D eigenvalue weighted by Crippen LogP contribution is -2.53. The van der Waals surface area contributed by atoms with Gasteiger partial charge >= 0.3 is 0 Å². The Balaban J connectivity index is 1.35. The van der Waals surface area contributed by atoms with E-state index in [1.807, 2.05) is 0 Å². The SMILES string of the molecule is CC(C)(C)C1CCC(C(=O)NNC(=S)NC2CCC3OCOC3C2)CC1. The van der Waals surface area contributed by atoms with Crippen LogP contribution in [-0.2, 0) is 14.3 Å². The van der Waals surface area contributed by atoms with E-state index in [1.54, 1.807) is 0 Å².